The smallest absolute Gasteiger partial charge is 0.189 e. The maximum atomic E-state index is 11.6. The van der Waals surface area contributed by atoms with E-state index < -0.39 is 10.8 Å². The number of nitrogens with two attached hydrogens (primary N) is 1. The summed E-state index contributed by atoms with van der Waals surface area (Å²) in [7, 11) is -0.812. The highest BCUT2D eigenvalue weighted by atomic mass is 32.2. The van der Waals surface area contributed by atoms with Crippen LogP contribution in [0.25, 0.3) is 0 Å². The molecule has 1 saturated carbocycles. The van der Waals surface area contributed by atoms with Gasteiger partial charge in [0.1, 0.15) is 0 Å². The molecule has 1 aliphatic carbocycles. The van der Waals surface area contributed by atoms with Crippen molar-refractivity contribution < 1.29 is 4.21 Å². The minimum Gasteiger partial charge on any atom is -0.370 e. The first-order chi connectivity index (χ1) is 7.25. The van der Waals surface area contributed by atoms with Gasteiger partial charge in [-0.1, -0.05) is 6.42 Å². The number of guanidine groups is 1. The number of hydrogen-bond acceptors (Lipinski definition) is 2. The van der Waals surface area contributed by atoms with E-state index in [1.807, 2.05) is 20.8 Å². The number of rotatable bonds is 3. The maximum absolute atomic E-state index is 11.6. The summed E-state index contributed by atoms with van der Waals surface area (Å²) in [4.78, 5) is 4.32. The Morgan fingerprint density at radius 2 is 2.06 bits per heavy atom. The van der Waals surface area contributed by atoms with E-state index in [0.717, 1.165) is 19.3 Å². The van der Waals surface area contributed by atoms with Crippen LogP contribution < -0.4 is 11.1 Å². The fourth-order valence-electron chi connectivity index (χ4n) is 1.76. The molecule has 3 N–H and O–H groups in total. The van der Waals surface area contributed by atoms with Crippen LogP contribution in [0.5, 0.6) is 0 Å². The van der Waals surface area contributed by atoms with Crippen molar-refractivity contribution in [2.45, 2.75) is 50.3 Å². The largest absolute Gasteiger partial charge is 0.370 e. The first-order valence-electron chi connectivity index (χ1n) is 5.67. The van der Waals surface area contributed by atoms with Crippen molar-refractivity contribution in [2.75, 3.05) is 12.8 Å². The van der Waals surface area contributed by atoms with Crippen LogP contribution in [-0.4, -0.2) is 33.3 Å². The second-order valence-corrected chi connectivity index (χ2v) is 7.34. The highest BCUT2D eigenvalue weighted by molar-refractivity contribution is 7.85. The van der Waals surface area contributed by atoms with Gasteiger partial charge in [-0.2, -0.15) is 0 Å². The van der Waals surface area contributed by atoms with Crippen LogP contribution in [0.2, 0.25) is 0 Å². The number of nitrogens with zero attached hydrogens (tertiary/aromatic N) is 1. The quantitative estimate of drug-likeness (QED) is 0.575. The van der Waals surface area contributed by atoms with Gasteiger partial charge in [0, 0.05) is 22.6 Å². The van der Waals surface area contributed by atoms with Crippen molar-refractivity contribution in [3.63, 3.8) is 0 Å². The lowest BCUT2D eigenvalue weighted by Gasteiger charge is -2.38. The summed E-state index contributed by atoms with van der Waals surface area (Å²) in [5.74, 6) is 0.448. The molecular formula is C11H23N3OS. The molecule has 1 fully saturated rings. The predicted octanol–water partition coefficient (Wildman–Crippen LogP) is 0.990. The summed E-state index contributed by atoms with van der Waals surface area (Å²) in [6.07, 6.45) is 4.93. The molecule has 1 unspecified atom stereocenters. The van der Waals surface area contributed by atoms with Crippen LogP contribution in [0, 0.1) is 0 Å². The summed E-state index contributed by atoms with van der Waals surface area (Å²) in [5, 5.41) is 3.11. The second-order valence-electron chi connectivity index (χ2n) is 5.57. The average molecular weight is 245 g/mol. The molecule has 0 aromatic carbocycles. The molecule has 1 atom stereocenters. The summed E-state index contributed by atoms with van der Waals surface area (Å²) in [6, 6.07) is 0. The first-order valence-corrected chi connectivity index (χ1v) is 7.23. The predicted molar refractivity (Wildman–Crippen MR) is 70.0 cm³/mol. The van der Waals surface area contributed by atoms with Gasteiger partial charge in [0.15, 0.2) is 5.96 Å². The van der Waals surface area contributed by atoms with E-state index in [-0.39, 0.29) is 10.3 Å². The van der Waals surface area contributed by atoms with Gasteiger partial charge in [-0.3, -0.25) is 9.20 Å². The lowest BCUT2D eigenvalue weighted by atomic mass is 9.84. The standard InChI is InChI=1S/C11H23N3OS/c1-10(2,3)14-9(12)13-8-11(16(4)15)6-5-7-11/h5-8H2,1-4H3,(H3,12,13,14). The first kappa shape index (κ1) is 13.5. The lowest BCUT2D eigenvalue weighted by Crippen LogP contribution is -2.48. The van der Waals surface area contributed by atoms with Crippen LogP contribution >= 0.6 is 0 Å². The molecule has 1 rings (SSSR count). The van der Waals surface area contributed by atoms with Gasteiger partial charge in [0.2, 0.25) is 0 Å². The van der Waals surface area contributed by atoms with E-state index in [1.165, 1.54) is 0 Å². The monoisotopic (exact) mass is 245 g/mol. The van der Waals surface area contributed by atoms with Gasteiger partial charge in [-0.15, -0.1) is 0 Å². The van der Waals surface area contributed by atoms with Crippen molar-refractivity contribution in [2.24, 2.45) is 10.7 Å². The SMILES string of the molecule is CS(=O)C1(CN=C(N)NC(C)(C)C)CCC1. The zero-order valence-corrected chi connectivity index (χ0v) is 11.5. The Labute approximate surface area is 101 Å². The van der Waals surface area contributed by atoms with E-state index in [1.54, 1.807) is 6.26 Å². The molecular weight excluding hydrogens is 222 g/mol. The fraction of sp³-hybridized carbons (Fsp3) is 0.909. The second kappa shape index (κ2) is 4.73. The van der Waals surface area contributed by atoms with Crippen molar-refractivity contribution in [1.82, 2.24) is 5.32 Å². The average Bonchev–Trinajstić information content (AvgIpc) is 1.97. The lowest BCUT2D eigenvalue weighted by molar-refractivity contribution is 0.360. The molecule has 0 bridgehead atoms. The minimum atomic E-state index is -0.812. The van der Waals surface area contributed by atoms with Crippen molar-refractivity contribution >= 4 is 16.8 Å². The van der Waals surface area contributed by atoms with E-state index in [0.29, 0.717) is 12.5 Å². The van der Waals surface area contributed by atoms with Crippen LogP contribution in [0.3, 0.4) is 0 Å². The zero-order valence-electron chi connectivity index (χ0n) is 10.7. The van der Waals surface area contributed by atoms with Gasteiger partial charge in [0.05, 0.1) is 11.3 Å². The third kappa shape index (κ3) is 3.47. The Kier molecular flexibility index (Phi) is 3.99. The molecule has 94 valence electrons. The molecule has 5 heteroatoms. The molecule has 0 radical (unpaired) electrons. The molecule has 4 nitrogen and oxygen atoms in total. The van der Waals surface area contributed by atoms with E-state index in [9.17, 15) is 4.21 Å². The van der Waals surface area contributed by atoms with E-state index in [2.05, 4.69) is 10.3 Å². The van der Waals surface area contributed by atoms with Gasteiger partial charge >= 0.3 is 0 Å². The van der Waals surface area contributed by atoms with Crippen LogP contribution in [0.4, 0.5) is 0 Å². The summed E-state index contributed by atoms with van der Waals surface area (Å²) in [5.41, 5.74) is 5.71. The van der Waals surface area contributed by atoms with Gasteiger partial charge in [0.25, 0.3) is 0 Å². The van der Waals surface area contributed by atoms with Gasteiger partial charge < -0.3 is 11.1 Å². The van der Waals surface area contributed by atoms with E-state index in [4.69, 9.17) is 5.73 Å². The Bertz CT molecular complexity index is 303. The van der Waals surface area contributed by atoms with Crippen LogP contribution in [0.1, 0.15) is 40.0 Å². The Morgan fingerprint density at radius 3 is 2.38 bits per heavy atom. The molecule has 0 amide bonds. The molecule has 0 heterocycles. The number of nitrogens with one attached hydrogen (secondary N) is 1. The third-order valence-electron chi connectivity index (χ3n) is 2.92. The maximum Gasteiger partial charge on any atom is 0.189 e. The van der Waals surface area contributed by atoms with Gasteiger partial charge in [-0.25, -0.2) is 0 Å². The molecule has 0 aromatic rings. The Balaban J connectivity index is 2.55. The van der Waals surface area contributed by atoms with Crippen LogP contribution in [0.15, 0.2) is 4.99 Å². The molecule has 0 aromatic heterocycles. The number of aliphatic imine (C=N–C) groups is 1. The fourth-order valence-corrected chi connectivity index (χ4v) is 2.87. The van der Waals surface area contributed by atoms with Crippen molar-refractivity contribution in [1.29, 1.82) is 0 Å². The highest BCUT2D eigenvalue weighted by Gasteiger charge is 2.40. The molecule has 0 saturated heterocycles. The van der Waals surface area contributed by atoms with Crippen molar-refractivity contribution in [3.8, 4) is 0 Å². The van der Waals surface area contributed by atoms with E-state index >= 15 is 0 Å². The molecule has 0 aliphatic heterocycles. The normalized spacial score (nSPS) is 22.4. The van der Waals surface area contributed by atoms with Gasteiger partial charge in [-0.05, 0) is 33.6 Å². The summed E-state index contributed by atoms with van der Waals surface area (Å²) >= 11 is 0. The molecule has 16 heavy (non-hydrogen) atoms. The minimum absolute atomic E-state index is 0.0777. The van der Waals surface area contributed by atoms with Crippen LogP contribution in [-0.2, 0) is 10.8 Å². The zero-order chi connectivity index (χ0) is 12.4. The summed E-state index contributed by atoms with van der Waals surface area (Å²) < 4.78 is 11.5. The summed E-state index contributed by atoms with van der Waals surface area (Å²) in [6.45, 7) is 6.68. The molecule has 0 spiro atoms. The topological polar surface area (TPSA) is 67.5 Å². The van der Waals surface area contributed by atoms with Crippen molar-refractivity contribution in [3.05, 3.63) is 0 Å². The Morgan fingerprint density at radius 1 is 1.50 bits per heavy atom. The highest BCUT2D eigenvalue weighted by Crippen LogP contribution is 2.37. The molecule has 1 aliphatic rings. The Hall–Kier alpha value is -0.580. The third-order valence-corrected chi connectivity index (χ3v) is 4.67. The number of hydrogen-bond donors (Lipinski definition) is 2.